The standard InChI is InChI=1S/C12H18N4O2/c1-7(2)9-4-8(5-11(14-3)16-9)12(18)15-6-10(13)17/h4-5,7H,6H2,1-3H3,(H2,13,17)(H,14,16)(H,15,18). The molecule has 0 atom stereocenters. The monoisotopic (exact) mass is 250 g/mol. The van der Waals surface area contributed by atoms with Gasteiger partial charge in [0.05, 0.1) is 6.54 Å². The first-order chi connectivity index (χ1) is 8.43. The number of hydrogen-bond donors (Lipinski definition) is 3. The zero-order valence-electron chi connectivity index (χ0n) is 10.8. The number of carbonyl (C=O) groups is 2. The molecule has 0 bridgehead atoms. The van der Waals surface area contributed by atoms with Crippen LogP contribution in [0.5, 0.6) is 0 Å². The average molecular weight is 250 g/mol. The van der Waals surface area contributed by atoms with Crippen LogP contribution in [0.1, 0.15) is 35.8 Å². The van der Waals surface area contributed by atoms with Crippen LogP contribution in [0.4, 0.5) is 5.82 Å². The molecule has 1 heterocycles. The summed E-state index contributed by atoms with van der Waals surface area (Å²) in [6, 6.07) is 3.34. The second-order valence-electron chi connectivity index (χ2n) is 4.22. The molecule has 6 nitrogen and oxygen atoms in total. The summed E-state index contributed by atoms with van der Waals surface area (Å²) in [6.07, 6.45) is 0. The molecule has 0 aliphatic rings. The second kappa shape index (κ2) is 6.00. The van der Waals surface area contributed by atoms with Gasteiger partial charge in [0.1, 0.15) is 5.82 Å². The predicted octanol–water partition coefficient (Wildman–Crippen LogP) is 0.462. The minimum absolute atomic E-state index is 0.174. The van der Waals surface area contributed by atoms with E-state index in [0.29, 0.717) is 11.4 Å². The molecule has 0 radical (unpaired) electrons. The fourth-order valence-corrected chi connectivity index (χ4v) is 1.38. The average Bonchev–Trinajstić information content (AvgIpc) is 2.35. The molecule has 0 fully saturated rings. The van der Waals surface area contributed by atoms with Gasteiger partial charge >= 0.3 is 0 Å². The minimum Gasteiger partial charge on any atom is -0.373 e. The third-order valence-electron chi connectivity index (χ3n) is 2.38. The summed E-state index contributed by atoms with van der Waals surface area (Å²) < 4.78 is 0. The summed E-state index contributed by atoms with van der Waals surface area (Å²) in [5.74, 6) is -0.0867. The van der Waals surface area contributed by atoms with Crippen molar-refractivity contribution in [3.05, 3.63) is 23.4 Å². The number of nitrogens with zero attached hydrogens (tertiary/aromatic N) is 1. The molecule has 0 saturated carbocycles. The Hall–Kier alpha value is -2.11. The molecule has 0 aliphatic carbocycles. The Morgan fingerprint density at radius 2 is 2.06 bits per heavy atom. The van der Waals surface area contributed by atoms with Gasteiger partial charge in [-0.15, -0.1) is 0 Å². The number of nitrogens with one attached hydrogen (secondary N) is 2. The maximum atomic E-state index is 11.8. The van der Waals surface area contributed by atoms with Crippen LogP contribution in [0.3, 0.4) is 0 Å². The first-order valence-electron chi connectivity index (χ1n) is 5.70. The second-order valence-corrected chi connectivity index (χ2v) is 4.22. The number of primary amides is 1. The minimum atomic E-state index is -0.574. The Balaban J connectivity index is 2.96. The van der Waals surface area contributed by atoms with E-state index in [1.165, 1.54) is 0 Å². The van der Waals surface area contributed by atoms with E-state index in [4.69, 9.17) is 5.73 Å². The molecule has 0 saturated heterocycles. The number of amides is 2. The van der Waals surface area contributed by atoms with Crippen molar-refractivity contribution in [3.8, 4) is 0 Å². The maximum absolute atomic E-state index is 11.8. The lowest BCUT2D eigenvalue weighted by atomic mass is 10.1. The SMILES string of the molecule is CNc1cc(C(=O)NCC(N)=O)cc(C(C)C)n1. The van der Waals surface area contributed by atoms with Crippen LogP contribution in [-0.2, 0) is 4.79 Å². The number of rotatable bonds is 5. The first-order valence-corrected chi connectivity index (χ1v) is 5.70. The number of carbonyl (C=O) groups excluding carboxylic acids is 2. The van der Waals surface area contributed by atoms with Crippen molar-refractivity contribution in [2.24, 2.45) is 5.73 Å². The van der Waals surface area contributed by atoms with Crippen LogP contribution in [0.15, 0.2) is 12.1 Å². The van der Waals surface area contributed by atoms with E-state index < -0.39 is 5.91 Å². The molecule has 1 aromatic heterocycles. The summed E-state index contributed by atoms with van der Waals surface area (Å²) >= 11 is 0. The molecule has 6 heteroatoms. The Kier molecular flexibility index (Phi) is 4.65. The van der Waals surface area contributed by atoms with E-state index in [2.05, 4.69) is 15.6 Å². The Morgan fingerprint density at radius 1 is 1.39 bits per heavy atom. The zero-order chi connectivity index (χ0) is 13.7. The molecule has 0 aromatic carbocycles. The smallest absolute Gasteiger partial charge is 0.251 e. The van der Waals surface area contributed by atoms with Crippen molar-refractivity contribution in [1.29, 1.82) is 0 Å². The number of pyridine rings is 1. The van der Waals surface area contributed by atoms with Crippen LogP contribution in [0.25, 0.3) is 0 Å². The molecule has 98 valence electrons. The summed E-state index contributed by atoms with van der Waals surface area (Å²) in [5, 5.41) is 5.35. The van der Waals surface area contributed by atoms with Gasteiger partial charge in [0.2, 0.25) is 5.91 Å². The number of nitrogens with two attached hydrogens (primary N) is 1. The van der Waals surface area contributed by atoms with E-state index >= 15 is 0 Å². The summed E-state index contributed by atoms with van der Waals surface area (Å²) in [7, 11) is 1.73. The molecular weight excluding hydrogens is 232 g/mol. The van der Waals surface area contributed by atoms with Crippen LogP contribution in [-0.4, -0.2) is 30.4 Å². The van der Waals surface area contributed by atoms with Gasteiger partial charge < -0.3 is 16.4 Å². The van der Waals surface area contributed by atoms with Gasteiger partial charge in [-0.1, -0.05) is 13.8 Å². The molecule has 4 N–H and O–H groups in total. The molecule has 0 aliphatic heterocycles. The lowest BCUT2D eigenvalue weighted by Crippen LogP contribution is -2.33. The van der Waals surface area contributed by atoms with E-state index in [9.17, 15) is 9.59 Å². The van der Waals surface area contributed by atoms with Crippen LogP contribution in [0.2, 0.25) is 0 Å². The van der Waals surface area contributed by atoms with E-state index in [-0.39, 0.29) is 18.4 Å². The molecule has 1 aromatic rings. The fourth-order valence-electron chi connectivity index (χ4n) is 1.38. The summed E-state index contributed by atoms with van der Waals surface area (Å²) in [5.41, 5.74) is 6.24. The van der Waals surface area contributed by atoms with E-state index in [0.717, 1.165) is 5.69 Å². The Labute approximate surface area is 106 Å². The van der Waals surface area contributed by atoms with Gasteiger partial charge in [-0.05, 0) is 18.1 Å². The van der Waals surface area contributed by atoms with Crippen molar-refractivity contribution in [3.63, 3.8) is 0 Å². The van der Waals surface area contributed by atoms with Gasteiger partial charge in [0.25, 0.3) is 5.91 Å². The van der Waals surface area contributed by atoms with Crippen molar-refractivity contribution >= 4 is 17.6 Å². The molecule has 0 unspecified atom stereocenters. The van der Waals surface area contributed by atoms with Gasteiger partial charge in [-0.2, -0.15) is 0 Å². The Morgan fingerprint density at radius 3 is 2.56 bits per heavy atom. The summed E-state index contributed by atoms with van der Waals surface area (Å²) in [4.78, 5) is 26.8. The lowest BCUT2D eigenvalue weighted by molar-refractivity contribution is -0.117. The quantitative estimate of drug-likeness (QED) is 0.707. The molecule has 2 amide bonds. The molecule has 1 rings (SSSR count). The van der Waals surface area contributed by atoms with Crippen LogP contribution in [0, 0.1) is 0 Å². The highest BCUT2D eigenvalue weighted by molar-refractivity contribution is 5.96. The molecular formula is C12H18N4O2. The highest BCUT2D eigenvalue weighted by Gasteiger charge is 2.11. The number of hydrogen-bond acceptors (Lipinski definition) is 4. The van der Waals surface area contributed by atoms with Crippen molar-refractivity contribution in [1.82, 2.24) is 10.3 Å². The zero-order valence-corrected chi connectivity index (χ0v) is 10.8. The third-order valence-corrected chi connectivity index (χ3v) is 2.38. The van der Waals surface area contributed by atoms with E-state index in [1.54, 1.807) is 19.2 Å². The van der Waals surface area contributed by atoms with Gasteiger partial charge in [-0.25, -0.2) is 4.98 Å². The number of aromatic nitrogens is 1. The van der Waals surface area contributed by atoms with Crippen molar-refractivity contribution in [2.75, 3.05) is 18.9 Å². The topological polar surface area (TPSA) is 97.1 Å². The van der Waals surface area contributed by atoms with Crippen LogP contribution < -0.4 is 16.4 Å². The van der Waals surface area contributed by atoms with Crippen molar-refractivity contribution in [2.45, 2.75) is 19.8 Å². The Bertz CT molecular complexity index is 457. The highest BCUT2D eigenvalue weighted by Crippen LogP contribution is 2.17. The van der Waals surface area contributed by atoms with Crippen molar-refractivity contribution < 1.29 is 9.59 Å². The molecule has 18 heavy (non-hydrogen) atoms. The molecule has 0 spiro atoms. The van der Waals surface area contributed by atoms with Gasteiger partial charge in [-0.3, -0.25) is 9.59 Å². The lowest BCUT2D eigenvalue weighted by Gasteiger charge is -2.10. The third kappa shape index (κ3) is 3.73. The highest BCUT2D eigenvalue weighted by atomic mass is 16.2. The van der Waals surface area contributed by atoms with Gasteiger partial charge in [0, 0.05) is 18.3 Å². The predicted molar refractivity (Wildman–Crippen MR) is 69.4 cm³/mol. The van der Waals surface area contributed by atoms with Crippen LogP contribution >= 0.6 is 0 Å². The number of anilines is 1. The van der Waals surface area contributed by atoms with Gasteiger partial charge in [0.15, 0.2) is 0 Å². The normalized spacial score (nSPS) is 10.2. The maximum Gasteiger partial charge on any atom is 0.251 e. The summed E-state index contributed by atoms with van der Waals surface area (Å²) in [6.45, 7) is 3.81. The first kappa shape index (κ1) is 14.0. The van der Waals surface area contributed by atoms with E-state index in [1.807, 2.05) is 13.8 Å². The fraction of sp³-hybridized carbons (Fsp3) is 0.417. The largest absolute Gasteiger partial charge is 0.373 e.